The molecule has 8 nitrogen and oxygen atoms in total. The third kappa shape index (κ3) is 6.08. The summed E-state index contributed by atoms with van der Waals surface area (Å²) in [6.07, 6.45) is 3.60. The Morgan fingerprint density at radius 2 is 1.78 bits per heavy atom. The van der Waals surface area contributed by atoms with Gasteiger partial charge >= 0.3 is 0 Å². The number of hydrogen-bond donors (Lipinski definition) is 4. The molecular formula is C27H31BrN7OS+. The lowest BCUT2D eigenvalue weighted by atomic mass is 10.1. The monoisotopic (exact) mass is 580 g/mol. The van der Waals surface area contributed by atoms with Crippen molar-refractivity contribution in [3.05, 3.63) is 70.9 Å². The molecule has 0 aliphatic heterocycles. The summed E-state index contributed by atoms with van der Waals surface area (Å²) in [6.45, 7) is 7.12. The van der Waals surface area contributed by atoms with Crippen LogP contribution >= 0.6 is 27.3 Å². The lowest BCUT2D eigenvalue weighted by molar-refractivity contribution is -0.106. The Hall–Kier alpha value is -3.50. The zero-order valence-corrected chi connectivity index (χ0v) is 23.3. The van der Waals surface area contributed by atoms with Gasteiger partial charge in [0.25, 0.3) is 10.5 Å². The maximum Gasteiger partial charge on any atom is 0.258 e. The molecule has 2 heterocycles. The fourth-order valence-electron chi connectivity index (χ4n) is 4.21. The molecule has 2 aromatic carbocycles. The predicted octanol–water partition coefficient (Wildman–Crippen LogP) is 4.66. The average Bonchev–Trinajstić information content (AvgIpc) is 3.33. The minimum Gasteiger partial charge on any atom is -0.382 e. The largest absolute Gasteiger partial charge is 0.382 e. The van der Waals surface area contributed by atoms with Crippen LogP contribution in [0.25, 0.3) is 10.2 Å². The summed E-state index contributed by atoms with van der Waals surface area (Å²) in [5, 5.41) is 14.4. The van der Waals surface area contributed by atoms with E-state index in [2.05, 4.69) is 79.5 Å². The van der Waals surface area contributed by atoms with E-state index in [-0.39, 0.29) is 5.91 Å². The third-order valence-electron chi connectivity index (χ3n) is 5.95. The number of fused-ring (bicyclic) bond motifs is 1. The Balaban J connectivity index is 1.51. The fraction of sp³-hybridized carbons (Fsp3) is 0.259. The molecule has 1 amide bonds. The molecule has 0 radical (unpaired) electrons. The van der Waals surface area contributed by atoms with Crippen molar-refractivity contribution in [2.24, 2.45) is 0 Å². The second-order valence-electron chi connectivity index (χ2n) is 8.62. The summed E-state index contributed by atoms with van der Waals surface area (Å²) in [5.41, 5.74) is 11.3. The maximum atomic E-state index is 13.2. The van der Waals surface area contributed by atoms with Crippen LogP contribution in [0, 0.1) is 0 Å². The van der Waals surface area contributed by atoms with Crippen LogP contribution in [-0.2, 0) is 6.54 Å². The van der Waals surface area contributed by atoms with Crippen molar-refractivity contribution >= 4 is 70.9 Å². The Morgan fingerprint density at radius 3 is 2.46 bits per heavy atom. The molecule has 0 saturated carbocycles. The summed E-state index contributed by atoms with van der Waals surface area (Å²) in [4.78, 5) is 23.8. The van der Waals surface area contributed by atoms with Crippen molar-refractivity contribution < 1.29 is 10.2 Å². The maximum absolute atomic E-state index is 13.2. The molecule has 37 heavy (non-hydrogen) atoms. The number of nitrogen functional groups attached to an aromatic ring is 1. The first-order chi connectivity index (χ1) is 17.9. The molecular weight excluding hydrogens is 550 g/mol. The molecule has 0 saturated heterocycles. The van der Waals surface area contributed by atoms with Crippen molar-refractivity contribution in [2.75, 3.05) is 34.4 Å². The van der Waals surface area contributed by atoms with Crippen molar-refractivity contribution in [1.82, 2.24) is 9.97 Å². The first-order valence-electron chi connectivity index (χ1n) is 12.2. The second kappa shape index (κ2) is 12.2. The Bertz CT molecular complexity index is 1400. The van der Waals surface area contributed by atoms with Crippen molar-refractivity contribution in [1.29, 1.82) is 0 Å². The number of benzene rings is 2. The number of carbonyl (C=O) groups is 1. The van der Waals surface area contributed by atoms with Gasteiger partial charge in [0.15, 0.2) is 0 Å². The van der Waals surface area contributed by atoms with Gasteiger partial charge in [-0.15, -0.1) is 11.3 Å². The van der Waals surface area contributed by atoms with Crippen LogP contribution in [0.4, 0.5) is 22.9 Å². The highest BCUT2D eigenvalue weighted by Gasteiger charge is 2.20. The minimum absolute atomic E-state index is 0.296. The molecule has 0 bridgehead atoms. The molecule has 0 unspecified atom stereocenters. The number of nitrogens with zero attached hydrogens (tertiary/aromatic N) is 3. The second-order valence-corrected chi connectivity index (χ2v) is 10.4. The van der Waals surface area contributed by atoms with Gasteiger partial charge in [-0.1, -0.05) is 32.0 Å². The summed E-state index contributed by atoms with van der Waals surface area (Å²) < 4.78 is 1.10. The number of rotatable bonds is 11. The lowest BCUT2D eigenvalue weighted by Crippen LogP contribution is -2.37. The highest BCUT2D eigenvalue weighted by molar-refractivity contribution is 9.18. The van der Waals surface area contributed by atoms with Crippen molar-refractivity contribution in [3.63, 3.8) is 0 Å². The van der Waals surface area contributed by atoms with E-state index in [4.69, 9.17) is 11.1 Å². The Morgan fingerprint density at radius 1 is 1.08 bits per heavy atom. The van der Waals surface area contributed by atoms with Crippen LogP contribution in [0.3, 0.4) is 0 Å². The Kier molecular flexibility index (Phi) is 8.73. The van der Waals surface area contributed by atoms with Crippen LogP contribution in [0.2, 0.25) is 0 Å². The van der Waals surface area contributed by atoms with E-state index in [1.54, 1.807) is 5.38 Å². The molecule has 0 fully saturated rings. The van der Waals surface area contributed by atoms with Crippen LogP contribution < -0.4 is 26.7 Å². The normalized spacial score (nSPS) is 10.9. The van der Waals surface area contributed by atoms with Crippen LogP contribution in [-0.4, -0.2) is 33.6 Å². The number of halogens is 1. The summed E-state index contributed by atoms with van der Waals surface area (Å²) in [5.74, 6) is 0.0613. The van der Waals surface area contributed by atoms with Crippen LogP contribution in [0.5, 0.6) is 0 Å². The number of amides is 1. The molecule has 0 spiro atoms. The van der Waals surface area contributed by atoms with Gasteiger partial charge in [-0.2, -0.15) is 0 Å². The zero-order chi connectivity index (χ0) is 26.4. The molecule has 10 heteroatoms. The summed E-state index contributed by atoms with van der Waals surface area (Å²) in [6, 6.07) is 14.3. The first kappa shape index (κ1) is 26.6. The molecule has 6 N–H and O–H groups in total. The van der Waals surface area contributed by atoms with Gasteiger partial charge in [-0.3, -0.25) is 4.79 Å². The number of carbonyl (C=O) groups excluding carboxylic acids is 1. The van der Waals surface area contributed by atoms with E-state index < -0.39 is 0 Å². The van der Waals surface area contributed by atoms with E-state index in [0.29, 0.717) is 44.0 Å². The fourth-order valence-corrected chi connectivity index (χ4v) is 5.54. The van der Waals surface area contributed by atoms with Gasteiger partial charge < -0.3 is 21.3 Å². The molecule has 4 rings (SSSR count). The quantitative estimate of drug-likeness (QED) is 0.191. The van der Waals surface area contributed by atoms with Gasteiger partial charge in [0, 0.05) is 46.6 Å². The van der Waals surface area contributed by atoms with Gasteiger partial charge in [0.2, 0.25) is 0 Å². The first-order valence-corrected chi connectivity index (χ1v) is 13.9. The molecule has 0 aliphatic rings. The van der Waals surface area contributed by atoms with E-state index in [1.165, 1.54) is 23.4 Å². The van der Waals surface area contributed by atoms with E-state index >= 15 is 0 Å². The summed E-state index contributed by atoms with van der Waals surface area (Å²) >= 11 is 4.76. The topological polar surface area (TPSA) is 122 Å². The SMILES string of the molecule is CCCN(CCC)c1ccc(CNc2cccc(NC(=O)c3csc4c(N)ncnc34)c2C(=[NH2+])Br)cc1. The number of hydrogen-bond acceptors (Lipinski definition) is 7. The van der Waals surface area contributed by atoms with E-state index in [1.807, 2.05) is 18.2 Å². The molecule has 4 aromatic rings. The van der Waals surface area contributed by atoms with Crippen LogP contribution in [0.15, 0.2) is 54.2 Å². The number of anilines is 4. The van der Waals surface area contributed by atoms with Crippen molar-refractivity contribution in [3.8, 4) is 0 Å². The number of nitrogens with one attached hydrogen (secondary N) is 2. The number of nitrogens with two attached hydrogens (primary N) is 2. The summed E-state index contributed by atoms with van der Waals surface area (Å²) in [7, 11) is 0. The highest BCUT2D eigenvalue weighted by atomic mass is 79.9. The average molecular weight is 582 g/mol. The standard InChI is InChI=1S/C27H30BrN7OS/c1-3-12-35(13-4-2)18-10-8-17(9-11-18)14-31-20-6-5-7-21(22(20)25(28)29)34-27(36)19-15-37-24-23(19)32-16-33-26(24)30/h5-11,15-16,29,31H,3-4,12-14H2,1-2H3,(H,34,36)(H2,30,32,33)/p+1. The van der Waals surface area contributed by atoms with Gasteiger partial charge in [-0.05, 0) is 42.7 Å². The lowest BCUT2D eigenvalue weighted by Gasteiger charge is -2.24. The van der Waals surface area contributed by atoms with E-state index in [0.717, 1.165) is 37.2 Å². The minimum atomic E-state index is -0.296. The number of thiophene rings is 1. The predicted molar refractivity (Wildman–Crippen MR) is 158 cm³/mol. The smallest absolute Gasteiger partial charge is 0.258 e. The highest BCUT2D eigenvalue weighted by Crippen LogP contribution is 2.30. The van der Waals surface area contributed by atoms with Crippen LogP contribution in [0.1, 0.15) is 48.2 Å². The molecule has 0 atom stereocenters. The van der Waals surface area contributed by atoms with Gasteiger partial charge in [-0.25, -0.2) is 15.4 Å². The van der Waals surface area contributed by atoms with E-state index in [9.17, 15) is 4.79 Å². The molecule has 2 aromatic heterocycles. The van der Waals surface area contributed by atoms with Gasteiger partial charge in [0.1, 0.15) is 12.1 Å². The van der Waals surface area contributed by atoms with Crippen molar-refractivity contribution in [2.45, 2.75) is 33.2 Å². The number of aromatic nitrogens is 2. The molecule has 0 aliphatic carbocycles. The zero-order valence-electron chi connectivity index (χ0n) is 20.9. The Labute approximate surface area is 229 Å². The molecule has 192 valence electrons. The third-order valence-corrected chi connectivity index (χ3v) is 7.34. The van der Waals surface area contributed by atoms with Gasteiger partial charge in [0.05, 0.1) is 32.7 Å².